The zero-order valence-electron chi connectivity index (χ0n) is 13.1. The van der Waals surface area contributed by atoms with Gasteiger partial charge in [0.2, 0.25) is 0 Å². The maximum absolute atomic E-state index is 10.4. The van der Waals surface area contributed by atoms with Crippen molar-refractivity contribution in [3.63, 3.8) is 0 Å². The lowest BCUT2D eigenvalue weighted by atomic mass is 10.4. The molecule has 0 saturated heterocycles. The molecule has 0 aromatic carbocycles. The van der Waals surface area contributed by atoms with Crippen molar-refractivity contribution in [2.24, 2.45) is 0 Å². The maximum atomic E-state index is 10.4. The minimum atomic E-state index is -0.487. The van der Waals surface area contributed by atoms with Gasteiger partial charge in [-0.05, 0) is 41.9 Å². The van der Waals surface area contributed by atoms with Crippen LogP contribution in [0.1, 0.15) is 13.8 Å². The van der Waals surface area contributed by atoms with Gasteiger partial charge < -0.3 is 4.90 Å². The Labute approximate surface area is 146 Å². The number of aromatic nitrogens is 2. The molecule has 0 N–H and O–H groups in total. The van der Waals surface area contributed by atoms with Gasteiger partial charge in [0.25, 0.3) is 11.4 Å². The van der Waals surface area contributed by atoms with E-state index >= 15 is 0 Å². The number of pyridine rings is 2. The largest absolute Gasteiger partial charge is 0.357 e. The minimum absolute atomic E-state index is 0.00296. The Balaban J connectivity index is 0.000000254. The van der Waals surface area contributed by atoms with Crippen LogP contribution >= 0.6 is 15.9 Å². The van der Waals surface area contributed by atoms with Gasteiger partial charge in [-0.3, -0.25) is 20.2 Å². The molecule has 0 fully saturated rings. The first-order valence-electron chi connectivity index (χ1n) is 7.00. The highest BCUT2D eigenvalue weighted by molar-refractivity contribution is 9.10. The summed E-state index contributed by atoms with van der Waals surface area (Å²) in [4.78, 5) is 29.2. The highest BCUT2D eigenvalue weighted by Crippen LogP contribution is 2.15. The predicted molar refractivity (Wildman–Crippen MR) is 93.0 cm³/mol. The summed E-state index contributed by atoms with van der Waals surface area (Å²) in [5.74, 6) is 0.778. The maximum Gasteiger partial charge on any atom is 0.287 e. The highest BCUT2D eigenvalue weighted by Gasteiger charge is 2.07. The predicted octanol–water partition coefficient (Wildman–Crippen LogP) is 3.59. The van der Waals surface area contributed by atoms with Gasteiger partial charge in [-0.25, -0.2) is 9.97 Å². The van der Waals surface area contributed by atoms with Crippen LogP contribution < -0.4 is 4.90 Å². The number of hydrogen-bond acceptors (Lipinski definition) is 7. The van der Waals surface area contributed by atoms with E-state index in [2.05, 4.69) is 25.9 Å². The van der Waals surface area contributed by atoms with Gasteiger partial charge in [0.1, 0.15) is 22.8 Å². The van der Waals surface area contributed by atoms with Crippen molar-refractivity contribution >= 4 is 33.1 Å². The van der Waals surface area contributed by atoms with E-state index in [-0.39, 0.29) is 11.4 Å². The Kier molecular flexibility index (Phi) is 7.69. The highest BCUT2D eigenvalue weighted by atomic mass is 79.9. The van der Waals surface area contributed by atoms with Gasteiger partial charge in [0.05, 0.1) is 9.85 Å². The fourth-order valence-corrected chi connectivity index (χ4v) is 1.93. The van der Waals surface area contributed by atoms with Crippen molar-refractivity contribution in [3.05, 3.63) is 61.5 Å². The van der Waals surface area contributed by atoms with Crippen molar-refractivity contribution in [1.82, 2.24) is 9.97 Å². The Morgan fingerprint density at radius 3 is 1.79 bits per heavy atom. The first-order valence-corrected chi connectivity index (χ1v) is 7.79. The smallest absolute Gasteiger partial charge is 0.287 e. The van der Waals surface area contributed by atoms with Gasteiger partial charge >= 0.3 is 0 Å². The molecule has 2 rings (SSSR count). The summed E-state index contributed by atoms with van der Waals surface area (Å²) in [5.41, 5.74) is 0.0316. The number of hydrogen-bond donors (Lipinski definition) is 0. The van der Waals surface area contributed by atoms with Gasteiger partial charge in [-0.2, -0.15) is 0 Å². The molecule has 0 aliphatic heterocycles. The molecule has 0 amide bonds. The molecule has 0 aliphatic rings. The van der Waals surface area contributed by atoms with Crippen molar-refractivity contribution < 1.29 is 9.85 Å². The normalized spacial score (nSPS) is 9.62. The standard InChI is InChI=1S/C9H13N3O2.C5H3BrN2O2/c1-3-11(4-2)9-6-5-8(7-10-9)12(13)14;6-5-2-1-4(3-7-5)8(9)10/h5-7H,3-4H2,1-2H3;1-3H. The van der Waals surface area contributed by atoms with Gasteiger partial charge in [0, 0.05) is 25.2 Å². The average Bonchev–Trinajstić information content (AvgIpc) is 2.57. The van der Waals surface area contributed by atoms with Crippen LogP contribution in [0.5, 0.6) is 0 Å². The van der Waals surface area contributed by atoms with E-state index in [1.54, 1.807) is 6.07 Å². The molecular formula is C14H16BrN5O4. The zero-order chi connectivity index (χ0) is 18.1. The monoisotopic (exact) mass is 397 g/mol. The fourth-order valence-electron chi connectivity index (χ4n) is 1.70. The second kappa shape index (κ2) is 9.50. The van der Waals surface area contributed by atoms with Crippen LogP contribution in [0.3, 0.4) is 0 Å². The molecule has 0 bridgehead atoms. The van der Waals surface area contributed by atoms with Gasteiger partial charge in [0.15, 0.2) is 0 Å². The molecule has 0 aliphatic carbocycles. The molecule has 0 spiro atoms. The lowest BCUT2D eigenvalue weighted by Gasteiger charge is -2.18. The van der Waals surface area contributed by atoms with Crippen LogP contribution in [0, 0.1) is 20.2 Å². The topological polar surface area (TPSA) is 115 Å². The van der Waals surface area contributed by atoms with E-state index in [1.165, 1.54) is 30.6 Å². The van der Waals surface area contributed by atoms with E-state index < -0.39 is 9.85 Å². The summed E-state index contributed by atoms with van der Waals surface area (Å²) < 4.78 is 0.595. The summed E-state index contributed by atoms with van der Waals surface area (Å²) in [6.45, 7) is 5.74. The molecule has 2 aromatic rings. The van der Waals surface area contributed by atoms with Crippen molar-refractivity contribution in [2.75, 3.05) is 18.0 Å². The number of halogens is 1. The molecule has 128 valence electrons. The summed E-state index contributed by atoms with van der Waals surface area (Å²) in [6, 6.07) is 6.06. The molecule has 2 aromatic heterocycles. The number of anilines is 1. The van der Waals surface area contributed by atoms with Crippen molar-refractivity contribution in [3.8, 4) is 0 Å². The first kappa shape index (κ1) is 19.4. The van der Waals surface area contributed by atoms with Crippen LogP contribution in [0.15, 0.2) is 41.3 Å². The Morgan fingerprint density at radius 1 is 0.958 bits per heavy atom. The summed E-state index contributed by atoms with van der Waals surface area (Å²) >= 11 is 3.06. The van der Waals surface area contributed by atoms with Crippen LogP contribution in [0.2, 0.25) is 0 Å². The minimum Gasteiger partial charge on any atom is -0.357 e. The first-order chi connectivity index (χ1) is 11.4. The molecular weight excluding hydrogens is 382 g/mol. The van der Waals surface area contributed by atoms with Gasteiger partial charge in [-0.15, -0.1) is 0 Å². The van der Waals surface area contributed by atoms with Crippen LogP contribution in [0.4, 0.5) is 17.2 Å². The Hall–Kier alpha value is -2.62. The van der Waals surface area contributed by atoms with E-state index in [0.29, 0.717) is 4.60 Å². The third-order valence-electron chi connectivity index (χ3n) is 2.95. The average molecular weight is 398 g/mol. The Morgan fingerprint density at radius 2 is 1.46 bits per heavy atom. The van der Waals surface area contributed by atoms with E-state index in [9.17, 15) is 20.2 Å². The number of rotatable bonds is 5. The van der Waals surface area contributed by atoms with E-state index in [4.69, 9.17) is 0 Å². The molecule has 0 radical (unpaired) electrons. The van der Waals surface area contributed by atoms with Crippen LogP contribution in [0.25, 0.3) is 0 Å². The summed E-state index contributed by atoms with van der Waals surface area (Å²) in [7, 11) is 0. The van der Waals surface area contributed by atoms with Crippen molar-refractivity contribution in [2.45, 2.75) is 13.8 Å². The molecule has 0 atom stereocenters. The van der Waals surface area contributed by atoms with Crippen LogP contribution in [-0.4, -0.2) is 32.9 Å². The fraction of sp³-hybridized carbons (Fsp3) is 0.286. The quantitative estimate of drug-likeness (QED) is 0.429. The third-order valence-corrected chi connectivity index (χ3v) is 3.42. The third kappa shape index (κ3) is 5.88. The molecule has 24 heavy (non-hydrogen) atoms. The Bertz CT molecular complexity index is 675. The molecule has 10 heteroatoms. The molecule has 9 nitrogen and oxygen atoms in total. The SMILES string of the molecule is CCN(CC)c1ccc([N+](=O)[O-])cn1.O=[N+]([O-])c1ccc(Br)nc1. The summed E-state index contributed by atoms with van der Waals surface area (Å²) in [6.07, 6.45) is 2.48. The lowest BCUT2D eigenvalue weighted by Crippen LogP contribution is -2.22. The lowest BCUT2D eigenvalue weighted by molar-refractivity contribution is -0.385. The molecule has 0 unspecified atom stereocenters. The second-order valence-electron chi connectivity index (χ2n) is 4.40. The van der Waals surface area contributed by atoms with Gasteiger partial charge in [-0.1, -0.05) is 0 Å². The summed E-state index contributed by atoms with van der Waals surface area (Å²) in [5, 5.41) is 20.4. The molecule has 2 heterocycles. The van der Waals surface area contributed by atoms with E-state index in [0.717, 1.165) is 18.9 Å². The van der Waals surface area contributed by atoms with Crippen LogP contribution in [-0.2, 0) is 0 Å². The number of nitro groups is 2. The molecule has 0 saturated carbocycles. The van der Waals surface area contributed by atoms with E-state index in [1.807, 2.05) is 18.7 Å². The second-order valence-corrected chi connectivity index (χ2v) is 5.21. The zero-order valence-corrected chi connectivity index (χ0v) is 14.7. The number of nitrogens with zero attached hydrogens (tertiary/aromatic N) is 5. The van der Waals surface area contributed by atoms with Crippen molar-refractivity contribution in [1.29, 1.82) is 0 Å².